The van der Waals surface area contributed by atoms with Gasteiger partial charge in [0.25, 0.3) is 5.91 Å². The molecule has 0 aliphatic rings. The molecule has 2 heterocycles. The lowest BCUT2D eigenvalue weighted by molar-refractivity contribution is 0.102. The fraction of sp³-hybridized carbons (Fsp3) is 0.130. The summed E-state index contributed by atoms with van der Waals surface area (Å²) < 4.78 is 1.75. The number of aromatic nitrogens is 4. The lowest BCUT2D eigenvalue weighted by Crippen LogP contribution is -2.13. The second-order valence-electron chi connectivity index (χ2n) is 7.24. The summed E-state index contributed by atoms with van der Waals surface area (Å²) in [7, 11) is 3.90. The zero-order valence-electron chi connectivity index (χ0n) is 17.6. The third kappa shape index (κ3) is 4.53. The Labute approximate surface area is 180 Å². The molecule has 1 amide bonds. The second kappa shape index (κ2) is 8.66. The van der Waals surface area contributed by atoms with Crippen LogP contribution in [0.2, 0.25) is 0 Å². The number of hydrogen-bond acceptors (Lipinski definition) is 6. The van der Waals surface area contributed by atoms with Crippen LogP contribution in [0.15, 0.2) is 73.1 Å². The molecule has 8 nitrogen and oxygen atoms in total. The molecule has 0 fully saturated rings. The third-order valence-electron chi connectivity index (χ3n) is 4.83. The summed E-state index contributed by atoms with van der Waals surface area (Å²) in [4.78, 5) is 14.7. The van der Waals surface area contributed by atoms with Gasteiger partial charge in [-0.3, -0.25) is 4.79 Å². The lowest BCUT2D eigenvalue weighted by atomic mass is 10.2. The van der Waals surface area contributed by atoms with Crippen molar-refractivity contribution in [1.82, 2.24) is 20.0 Å². The molecule has 2 N–H and O–H groups in total. The number of rotatable bonds is 6. The monoisotopic (exact) mass is 413 g/mol. The van der Waals surface area contributed by atoms with Gasteiger partial charge in [-0.2, -0.15) is 10.2 Å². The highest BCUT2D eigenvalue weighted by atomic mass is 16.1. The molecule has 0 aliphatic heterocycles. The van der Waals surface area contributed by atoms with E-state index in [1.165, 1.54) is 0 Å². The van der Waals surface area contributed by atoms with Crippen LogP contribution in [0.4, 0.5) is 22.9 Å². The Bertz CT molecular complexity index is 1180. The van der Waals surface area contributed by atoms with Gasteiger partial charge >= 0.3 is 0 Å². The van der Waals surface area contributed by atoms with E-state index in [4.69, 9.17) is 0 Å². The van der Waals surface area contributed by atoms with Crippen molar-refractivity contribution in [3.8, 4) is 5.69 Å². The zero-order chi connectivity index (χ0) is 21.8. The van der Waals surface area contributed by atoms with Crippen LogP contribution in [0.3, 0.4) is 0 Å². The Morgan fingerprint density at radius 3 is 2.39 bits per heavy atom. The number of hydrogen-bond donors (Lipinski definition) is 2. The standard InChI is InChI=1S/C23H23N7O/c1-16-21(15-25-30(16)19-7-5-4-6-8-19)23(31)27-18-11-9-17(10-12-18)26-22-13-20(29(2)3)14-24-28-22/h4-15H,1-3H3,(H,26,28)(H,27,31). The van der Waals surface area contributed by atoms with Crippen molar-refractivity contribution in [3.05, 3.63) is 84.3 Å². The van der Waals surface area contributed by atoms with Crippen LogP contribution in [-0.2, 0) is 0 Å². The first-order valence-corrected chi connectivity index (χ1v) is 9.80. The average Bonchev–Trinajstić information content (AvgIpc) is 3.17. The molecule has 2 aromatic carbocycles. The van der Waals surface area contributed by atoms with Gasteiger partial charge in [-0.1, -0.05) is 18.2 Å². The highest BCUT2D eigenvalue weighted by Gasteiger charge is 2.15. The SMILES string of the molecule is Cc1c(C(=O)Nc2ccc(Nc3cc(N(C)C)cnn3)cc2)cnn1-c1ccccc1. The topological polar surface area (TPSA) is 88.0 Å². The third-order valence-corrected chi connectivity index (χ3v) is 4.83. The summed E-state index contributed by atoms with van der Waals surface area (Å²) in [6.07, 6.45) is 3.29. The highest BCUT2D eigenvalue weighted by molar-refractivity contribution is 6.05. The fourth-order valence-electron chi connectivity index (χ4n) is 3.11. The predicted octanol–water partition coefficient (Wildman–Crippen LogP) is 4.03. The van der Waals surface area contributed by atoms with Crippen molar-refractivity contribution in [1.29, 1.82) is 0 Å². The zero-order valence-corrected chi connectivity index (χ0v) is 17.6. The number of nitrogens with one attached hydrogen (secondary N) is 2. The van der Waals surface area contributed by atoms with E-state index in [9.17, 15) is 4.79 Å². The average molecular weight is 413 g/mol. The van der Waals surface area contributed by atoms with Crippen LogP contribution in [0.1, 0.15) is 16.1 Å². The maximum Gasteiger partial charge on any atom is 0.259 e. The Kier molecular flexibility index (Phi) is 5.61. The van der Waals surface area contributed by atoms with Crippen molar-refractivity contribution in [3.63, 3.8) is 0 Å². The molecule has 4 aromatic rings. The normalized spacial score (nSPS) is 10.5. The van der Waals surface area contributed by atoms with Crippen LogP contribution in [0.5, 0.6) is 0 Å². The van der Waals surface area contributed by atoms with Crippen molar-refractivity contribution < 1.29 is 4.79 Å². The first-order valence-electron chi connectivity index (χ1n) is 9.80. The minimum absolute atomic E-state index is 0.204. The predicted molar refractivity (Wildman–Crippen MR) is 122 cm³/mol. The molecule has 156 valence electrons. The van der Waals surface area contributed by atoms with Gasteiger partial charge in [-0.05, 0) is 43.3 Å². The van der Waals surface area contributed by atoms with E-state index in [1.54, 1.807) is 17.1 Å². The van der Waals surface area contributed by atoms with Crippen molar-refractivity contribution in [2.75, 3.05) is 29.6 Å². The lowest BCUT2D eigenvalue weighted by Gasteiger charge is -2.13. The van der Waals surface area contributed by atoms with Crippen LogP contribution in [0.25, 0.3) is 5.69 Å². The molecule has 0 radical (unpaired) electrons. The maximum atomic E-state index is 12.8. The molecule has 31 heavy (non-hydrogen) atoms. The molecule has 0 aliphatic carbocycles. The smallest absolute Gasteiger partial charge is 0.259 e. The van der Waals surface area contributed by atoms with Crippen LogP contribution in [0, 0.1) is 6.92 Å². The number of carbonyl (C=O) groups is 1. The van der Waals surface area contributed by atoms with Gasteiger partial charge in [-0.15, -0.1) is 5.10 Å². The molecule has 4 rings (SSSR count). The summed E-state index contributed by atoms with van der Waals surface area (Å²) >= 11 is 0. The van der Waals surface area contributed by atoms with E-state index in [0.29, 0.717) is 17.1 Å². The quantitative estimate of drug-likeness (QED) is 0.496. The first-order chi connectivity index (χ1) is 15.0. The van der Waals surface area contributed by atoms with Crippen LogP contribution in [-0.4, -0.2) is 40.0 Å². The van der Waals surface area contributed by atoms with Gasteiger partial charge < -0.3 is 15.5 Å². The van der Waals surface area contributed by atoms with Gasteiger partial charge in [0.2, 0.25) is 0 Å². The number of amides is 1. The van der Waals surface area contributed by atoms with Gasteiger partial charge in [-0.25, -0.2) is 4.68 Å². The number of benzene rings is 2. The molecule has 8 heteroatoms. The van der Waals surface area contributed by atoms with Gasteiger partial charge in [0.15, 0.2) is 5.82 Å². The minimum Gasteiger partial charge on any atom is -0.376 e. The Hall–Kier alpha value is -4.20. The van der Waals surface area contributed by atoms with E-state index < -0.39 is 0 Å². The Morgan fingerprint density at radius 2 is 1.68 bits per heavy atom. The number of anilines is 4. The highest BCUT2D eigenvalue weighted by Crippen LogP contribution is 2.21. The van der Waals surface area contributed by atoms with Crippen molar-refractivity contribution in [2.45, 2.75) is 6.92 Å². The molecule has 0 atom stereocenters. The van der Waals surface area contributed by atoms with Crippen molar-refractivity contribution in [2.24, 2.45) is 0 Å². The van der Waals surface area contributed by atoms with E-state index in [0.717, 1.165) is 22.8 Å². The molecule has 0 saturated heterocycles. The van der Waals surface area contributed by atoms with E-state index in [1.807, 2.05) is 86.6 Å². The number of nitrogens with zero attached hydrogens (tertiary/aromatic N) is 5. The van der Waals surface area contributed by atoms with Gasteiger partial charge in [0.1, 0.15) is 0 Å². The second-order valence-corrected chi connectivity index (χ2v) is 7.24. The number of para-hydroxylation sites is 1. The molecule has 0 spiro atoms. The minimum atomic E-state index is -0.204. The Balaban J connectivity index is 1.44. The Morgan fingerprint density at radius 1 is 0.968 bits per heavy atom. The molecular weight excluding hydrogens is 390 g/mol. The van der Waals surface area contributed by atoms with E-state index in [-0.39, 0.29) is 5.91 Å². The molecular formula is C23H23N7O. The summed E-state index contributed by atoms with van der Waals surface area (Å²) in [6.45, 7) is 1.88. The summed E-state index contributed by atoms with van der Waals surface area (Å²) in [6, 6.07) is 19.1. The van der Waals surface area contributed by atoms with Gasteiger partial charge in [0, 0.05) is 31.5 Å². The largest absolute Gasteiger partial charge is 0.376 e. The first kappa shape index (κ1) is 20.1. The summed E-state index contributed by atoms with van der Waals surface area (Å²) in [5.74, 6) is 0.442. The summed E-state index contributed by atoms with van der Waals surface area (Å²) in [5, 5.41) is 18.6. The van der Waals surface area contributed by atoms with Gasteiger partial charge in [0.05, 0.1) is 35.0 Å². The van der Waals surface area contributed by atoms with Crippen molar-refractivity contribution >= 4 is 28.8 Å². The fourth-order valence-corrected chi connectivity index (χ4v) is 3.11. The molecule has 0 unspecified atom stereocenters. The maximum absolute atomic E-state index is 12.8. The van der Waals surface area contributed by atoms with E-state index in [2.05, 4.69) is 25.9 Å². The van der Waals surface area contributed by atoms with Crippen LogP contribution >= 0.6 is 0 Å². The van der Waals surface area contributed by atoms with E-state index >= 15 is 0 Å². The number of carbonyl (C=O) groups excluding carboxylic acids is 1. The molecule has 0 bridgehead atoms. The summed E-state index contributed by atoms with van der Waals surface area (Å²) in [5.41, 5.74) is 4.71. The van der Waals surface area contributed by atoms with Crippen LogP contribution < -0.4 is 15.5 Å². The molecule has 2 aromatic heterocycles. The molecule has 0 saturated carbocycles.